The van der Waals surface area contributed by atoms with E-state index in [1.165, 1.54) is 7.11 Å². The number of nitrogens with one attached hydrogen (secondary N) is 1. The second-order valence-electron chi connectivity index (χ2n) is 5.78. The van der Waals surface area contributed by atoms with Crippen molar-refractivity contribution < 1.29 is 23.8 Å². The number of pyridine rings is 1. The molecule has 1 N–H and O–H groups in total. The SMILES string of the molecule is CCOC(=O)N1CCc2nc3ccc(OC)cc3c(NC(=O)OC)c2C1. The second-order valence-corrected chi connectivity index (χ2v) is 5.78. The van der Waals surface area contributed by atoms with Crippen LogP contribution >= 0.6 is 0 Å². The number of hydrogen-bond acceptors (Lipinski definition) is 6. The van der Waals surface area contributed by atoms with Gasteiger partial charge in [-0.1, -0.05) is 0 Å². The minimum Gasteiger partial charge on any atom is -0.497 e. The summed E-state index contributed by atoms with van der Waals surface area (Å²) in [5.41, 5.74) is 2.93. The van der Waals surface area contributed by atoms with Gasteiger partial charge in [0.25, 0.3) is 0 Å². The first kappa shape index (κ1) is 17.8. The largest absolute Gasteiger partial charge is 0.497 e. The lowest BCUT2D eigenvalue weighted by Crippen LogP contribution is -2.37. The molecule has 0 radical (unpaired) electrons. The summed E-state index contributed by atoms with van der Waals surface area (Å²) in [4.78, 5) is 30.3. The van der Waals surface area contributed by atoms with E-state index in [4.69, 9.17) is 19.2 Å². The van der Waals surface area contributed by atoms with E-state index in [1.807, 2.05) is 12.1 Å². The number of methoxy groups -OCH3 is 2. The molecule has 0 fully saturated rings. The topological polar surface area (TPSA) is 90.0 Å². The highest BCUT2D eigenvalue weighted by Gasteiger charge is 2.27. The Kier molecular flexibility index (Phi) is 5.11. The van der Waals surface area contributed by atoms with Crippen LogP contribution in [0.3, 0.4) is 0 Å². The van der Waals surface area contributed by atoms with Crippen LogP contribution in [0, 0.1) is 0 Å². The van der Waals surface area contributed by atoms with E-state index in [2.05, 4.69) is 5.32 Å². The zero-order valence-electron chi connectivity index (χ0n) is 15.0. The number of rotatable bonds is 3. The van der Waals surface area contributed by atoms with Gasteiger partial charge in [0.15, 0.2) is 0 Å². The van der Waals surface area contributed by atoms with Crippen LogP contribution in [0.15, 0.2) is 18.2 Å². The monoisotopic (exact) mass is 359 g/mol. The van der Waals surface area contributed by atoms with Gasteiger partial charge in [0, 0.05) is 29.6 Å². The van der Waals surface area contributed by atoms with Gasteiger partial charge in [0.05, 0.1) is 38.6 Å². The van der Waals surface area contributed by atoms with E-state index in [0.717, 1.165) is 22.2 Å². The standard InChI is InChI=1S/C18H21N3O5/c1-4-26-18(23)21-8-7-15-13(10-21)16(20-17(22)25-3)12-9-11(24-2)5-6-14(12)19-15/h5-6,9H,4,7-8,10H2,1-3H3,(H,19,20,22). The lowest BCUT2D eigenvalue weighted by molar-refractivity contribution is 0.102. The smallest absolute Gasteiger partial charge is 0.411 e. The molecule has 1 aromatic heterocycles. The molecule has 26 heavy (non-hydrogen) atoms. The van der Waals surface area contributed by atoms with Crippen LogP contribution in [0.1, 0.15) is 18.2 Å². The van der Waals surface area contributed by atoms with Gasteiger partial charge in [-0.05, 0) is 25.1 Å². The van der Waals surface area contributed by atoms with Crippen LogP contribution in [0.2, 0.25) is 0 Å². The number of benzene rings is 1. The maximum Gasteiger partial charge on any atom is 0.411 e. The molecule has 1 aromatic carbocycles. The number of fused-ring (bicyclic) bond motifs is 2. The van der Waals surface area contributed by atoms with Crippen molar-refractivity contribution >= 4 is 28.8 Å². The summed E-state index contributed by atoms with van der Waals surface area (Å²) in [7, 11) is 2.87. The van der Waals surface area contributed by atoms with Gasteiger partial charge in [-0.15, -0.1) is 0 Å². The molecule has 0 bridgehead atoms. The van der Waals surface area contributed by atoms with E-state index in [1.54, 1.807) is 25.0 Å². The van der Waals surface area contributed by atoms with E-state index in [0.29, 0.717) is 37.6 Å². The molecule has 0 spiro atoms. The Morgan fingerprint density at radius 1 is 1.31 bits per heavy atom. The molecule has 8 heteroatoms. The summed E-state index contributed by atoms with van der Waals surface area (Å²) in [6, 6.07) is 5.46. The number of hydrogen-bond donors (Lipinski definition) is 1. The highest BCUT2D eigenvalue weighted by Crippen LogP contribution is 2.34. The molecule has 2 amide bonds. The highest BCUT2D eigenvalue weighted by molar-refractivity contribution is 6.01. The third kappa shape index (κ3) is 3.35. The zero-order chi connectivity index (χ0) is 18.7. The summed E-state index contributed by atoms with van der Waals surface area (Å²) in [5, 5.41) is 3.49. The summed E-state index contributed by atoms with van der Waals surface area (Å²) < 4.78 is 15.1. The van der Waals surface area contributed by atoms with E-state index < -0.39 is 6.09 Å². The van der Waals surface area contributed by atoms with Crippen molar-refractivity contribution in [2.75, 3.05) is 32.7 Å². The van der Waals surface area contributed by atoms with Crippen LogP contribution in [0.4, 0.5) is 15.3 Å². The first-order valence-electron chi connectivity index (χ1n) is 8.33. The van der Waals surface area contributed by atoms with Gasteiger partial charge in [0.1, 0.15) is 5.75 Å². The summed E-state index contributed by atoms with van der Waals surface area (Å²) >= 11 is 0. The Morgan fingerprint density at radius 3 is 2.81 bits per heavy atom. The molecule has 2 aromatic rings. The average Bonchev–Trinajstić information content (AvgIpc) is 2.67. The van der Waals surface area contributed by atoms with Crippen molar-refractivity contribution in [1.82, 2.24) is 9.88 Å². The van der Waals surface area contributed by atoms with E-state index in [-0.39, 0.29) is 6.09 Å². The summed E-state index contributed by atoms with van der Waals surface area (Å²) in [5.74, 6) is 0.644. The molecule has 138 valence electrons. The maximum atomic E-state index is 12.1. The van der Waals surface area contributed by atoms with Crippen molar-refractivity contribution in [1.29, 1.82) is 0 Å². The maximum absolute atomic E-state index is 12.1. The molecule has 0 saturated carbocycles. The van der Waals surface area contributed by atoms with Crippen LogP contribution in [-0.2, 0) is 22.4 Å². The fourth-order valence-corrected chi connectivity index (χ4v) is 3.01. The van der Waals surface area contributed by atoms with Crippen LogP contribution in [0.5, 0.6) is 5.75 Å². The van der Waals surface area contributed by atoms with Crippen molar-refractivity contribution in [2.45, 2.75) is 19.9 Å². The van der Waals surface area contributed by atoms with Gasteiger partial charge < -0.3 is 19.1 Å². The molecule has 1 aliphatic heterocycles. The van der Waals surface area contributed by atoms with Gasteiger partial charge in [0.2, 0.25) is 0 Å². The van der Waals surface area contributed by atoms with Gasteiger partial charge in [-0.3, -0.25) is 10.3 Å². The van der Waals surface area contributed by atoms with Crippen LogP contribution < -0.4 is 10.1 Å². The van der Waals surface area contributed by atoms with Crippen molar-refractivity contribution in [3.63, 3.8) is 0 Å². The average molecular weight is 359 g/mol. The normalized spacial score (nSPS) is 13.1. The van der Waals surface area contributed by atoms with E-state index >= 15 is 0 Å². The van der Waals surface area contributed by atoms with Crippen molar-refractivity contribution in [2.24, 2.45) is 0 Å². The highest BCUT2D eigenvalue weighted by atomic mass is 16.6. The first-order valence-corrected chi connectivity index (χ1v) is 8.33. The van der Waals surface area contributed by atoms with Crippen LogP contribution in [-0.4, -0.2) is 49.4 Å². The summed E-state index contributed by atoms with van der Waals surface area (Å²) in [6.07, 6.45) is -0.393. The first-order chi connectivity index (χ1) is 12.6. The van der Waals surface area contributed by atoms with Gasteiger partial charge in [-0.2, -0.15) is 0 Å². The Balaban J connectivity index is 2.11. The fourth-order valence-electron chi connectivity index (χ4n) is 3.01. The molecule has 8 nitrogen and oxygen atoms in total. The predicted molar refractivity (Wildman–Crippen MR) is 95.5 cm³/mol. The minimum absolute atomic E-state index is 0.299. The fraction of sp³-hybridized carbons (Fsp3) is 0.389. The number of ether oxygens (including phenoxy) is 3. The number of nitrogens with zero attached hydrogens (tertiary/aromatic N) is 2. The zero-order valence-corrected chi connectivity index (χ0v) is 15.0. The third-order valence-electron chi connectivity index (χ3n) is 4.28. The number of amides is 2. The third-order valence-corrected chi connectivity index (χ3v) is 4.28. The van der Waals surface area contributed by atoms with Gasteiger partial charge >= 0.3 is 12.2 Å². The molecule has 0 aliphatic carbocycles. The number of carbonyl (C=O) groups is 2. The quantitative estimate of drug-likeness (QED) is 0.906. The number of anilines is 1. The predicted octanol–water partition coefficient (Wildman–Crippen LogP) is 2.94. The number of aromatic nitrogens is 1. The van der Waals surface area contributed by atoms with Crippen molar-refractivity contribution in [3.8, 4) is 5.75 Å². The molecule has 1 aliphatic rings. The van der Waals surface area contributed by atoms with Crippen molar-refractivity contribution in [3.05, 3.63) is 29.5 Å². The lowest BCUT2D eigenvalue weighted by atomic mass is 10.00. The molecular formula is C18H21N3O5. The van der Waals surface area contributed by atoms with Gasteiger partial charge in [-0.25, -0.2) is 9.59 Å². The second kappa shape index (κ2) is 7.47. The molecular weight excluding hydrogens is 338 g/mol. The Bertz CT molecular complexity index is 852. The molecule has 3 rings (SSSR count). The molecule has 0 atom stereocenters. The Morgan fingerprint density at radius 2 is 2.12 bits per heavy atom. The lowest BCUT2D eigenvalue weighted by Gasteiger charge is -2.29. The Labute approximate surface area is 151 Å². The molecule has 0 saturated heterocycles. The Hall–Kier alpha value is -3.03. The number of carbonyl (C=O) groups excluding carboxylic acids is 2. The minimum atomic E-state index is -0.587. The van der Waals surface area contributed by atoms with Crippen LogP contribution in [0.25, 0.3) is 10.9 Å². The summed E-state index contributed by atoms with van der Waals surface area (Å²) in [6.45, 7) is 2.88. The van der Waals surface area contributed by atoms with E-state index in [9.17, 15) is 9.59 Å². The molecule has 0 unspecified atom stereocenters. The molecule has 2 heterocycles.